The highest BCUT2D eigenvalue weighted by Gasteiger charge is 2.24. The molecule has 92 valence electrons. The molecular formula is C14H20N2O. The van der Waals surface area contributed by atoms with Crippen molar-refractivity contribution in [1.29, 1.82) is 0 Å². The number of nitrogens with zero attached hydrogens (tertiary/aromatic N) is 1. The molecule has 1 atom stereocenters. The quantitative estimate of drug-likeness (QED) is 0.813. The van der Waals surface area contributed by atoms with Crippen LogP contribution in [0.2, 0.25) is 0 Å². The molecule has 3 heteroatoms. The van der Waals surface area contributed by atoms with E-state index in [1.54, 1.807) is 6.07 Å². The minimum Gasteiger partial charge on any atom is -0.399 e. The summed E-state index contributed by atoms with van der Waals surface area (Å²) in [5, 5.41) is 0. The molecule has 2 rings (SSSR count). The molecule has 0 spiro atoms. The fraction of sp³-hybridized carbons (Fsp3) is 0.500. The van der Waals surface area contributed by atoms with E-state index in [0.717, 1.165) is 37.1 Å². The number of nitrogen functional groups attached to an aromatic ring is 1. The summed E-state index contributed by atoms with van der Waals surface area (Å²) in [5.41, 5.74) is 8.34. The fourth-order valence-corrected chi connectivity index (χ4v) is 2.22. The molecule has 1 aromatic carbocycles. The summed E-state index contributed by atoms with van der Waals surface area (Å²) < 4.78 is 0. The van der Waals surface area contributed by atoms with Gasteiger partial charge in [-0.15, -0.1) is 0 Å². The van der Waals surface area contributed by atoms with Crippen LogP contribution in [0.3, 0.4) is 0 Å². The smallest absolute Gasteiger partial charge is 0.254 e. The van der Waals surface area contributed by atoms with Crippen LogP contribution in [-0.4, -0.2) is 23.9 Å². The van der Waals surface area contributed by atoms with Crippen molar-refractivity contribution in [3.8, 4) is 0 Å². The van der Waals surface area contributed by atoms with Gasteiger partial charge in [0.25, 0.3) is 5.91 Å². The van der Waals surface area contributed by atoms with Gasteiger partial charge in [0.15, 0.2) is 0 Å². The Balaban J connectivity index is 2.20. The lowest BCUT2D eigenvalue weighted by Gasteiger charge is -2.30. The van der Waals surface area contributed by atoms with E-state index in [2.05, 4.69) is 13.8 Å². The molecule has 17 heavy (non-hydrogen) atoms. The van der Waals surface area contributed by atoms with Gasteiger partial charge in [0.1, 0.15) is 0 Å². The monoisotopic (exact) mass is 232 g/mol. The number of fused-ring (bicyclic) bond motifs is 1. The highest BCUT2D eigenvalue weighted by atomic mass is 16.2. The van der Waals surface area contributed by atoms with Crippen LogP contribution in [0.25, 0.3) is 0 Å². The van der Waals surface area contributed by atoms with E-state index in [9.17, 15) is 4.79 Å². The fourth-order valence-electron chi connectivity index (χ4n) is 2.22. The molecule has 0 radical (unpaired) electrons. The Morgan fingerprint density at radius 1 is 1.47 bits per heavy atom. The predicted octanol–water partition coefficient (Wildman–Crippen LogP) is 2.31. The molecule has 1 aliphatic heterocycles. The molecule has 0 fully saturated rings. The van der Waals surface area contributed by atoms with E-state index in [4.69, 9.17) is 5.73 Å². The summed E-state index contributed by atoms with van der Waals surface area (Å²) in [4.78, 5) is 14.2. The topological polar surface area (TPSA) is 46.3 Å². The van der Waals surface area contributed by atoms with Crippen LogP contribution in [-0.2, 0) is 6.42 Å². The van der Waals surface area contributed by atoms with Gasteiger partial charge in [-0.05, 0) is 30.0 Å². The lowest BCUT2D eigenvalue weighted by Crippen LogP contribution is -2.40. The maximum atomic E-state index is 12.3. The summed E-state index contributed by atoms with van der Waals surface area (Å²) in [6.45, 7) is 6.02. The number of carbonyl (C=O) groups excluding carboxylic acids is 1. The first-order valence-electron chi connectivity index (χ1n) is 6.29. The van der Waals surface area contributed by atoms with Crippen LogP contribution < -0.4 is 5.73 Å². The van der Waals surface area contributed by atoms with Crippen molar-refractivity contribution in [3.05, 3.63) is 29.3 Å². The van der Waals surface area contributed by atoms with Crippen LogP contribution in [0.1, 0.15) is 36.2 Å². The van der Waals surface area contributed by atoms with E-state index >= 15 is 0 Å². The Hall–Kier alpha value is -1.51. The third kappa shape index (κ3) is 2.43. The normalized spacial score (nSPS) is 16.8. The maximum Gasteiger partial charge on any atom is 0.254 e. The third-order valence-electron chi connectivity index (χ3n) is 3.53. The van der Waals surface area contributed by atoms with Gasteiger partial charge in [-0.3, -0.25) is 4.79 Å². The second-order valence-electron chi connectivity index (χ2n) is 4.93. The van der Waals surface area contributed by atoms with Gasteiger partial charge in [0, 0.05) is 24.3 Å². The molecule has 1 aromatic rings. The Morgan fingerprint density at radius 3 is 2.94 bits per heavy atom. The number of hydrogen-bond acceptors (Lipinski definition) is 2. The van der Waals surface area contributed by atoms with Crippen molar-refractivity contribution < 1.29 is 4.79 Å². The minimum absolute atomic E-state index is 0.138. The SMILES string of the molecule is CCC(C)CN1CCc2ccc(N)cc2C1=O. The zero-order chi connectivity index (χ0) is 12.4. The summed E-state index contributed by atoms with van der Waals surface area (Å²) in [7, 11) is 0. The highest BCUT2D eigenvalue weighted by Crippen LogP contribution is 2.22. The molecular weight excluding hydrogens is 212 g/mol. The molecule has 0 aliphatic carbocycles. The first kappa shape index (κ1) is 12.0. The lowest BCUT2D eigenvalue weighted by molar-refractivity contribution is 0.0714. The second kappa shape index (κ2) is 4.78. The van der Waals surface area contributed by atoms with Gasteiger partial charge < -0.3 is 10.6 Å². The number of amides is 1. The molecule has 3 nitrogen and oxygen atoms in total. The zero-order valence-corrected chi connectivity index (χ0v) is 10.6. The average Bonchev–Trinajstić information content (AvgIpc) is 2.33. The molecule has 1 heterocycles. The Kier molecular flexibility index (Phi) is 3.36. The lowest BCUT2D eigenvalue weighted by atomic mass is 9.97. The van der Waals surface area contributed by atoms with Crippen LogP contribution >= 0.6 is 0 Å². The molecule has 1 aliphatic rings. The molecule has 0 bridgehead atoms. The van der Waals surface area contributed by atoms with Crippen LogP contribution in [0, 0.1) is 5.92 Å². The standard InChI is InChI=1S/C14H20N2O/c1-3-10(2)9-16-7-6-11-4-5-12(15)8-13(11)14(16)17/h4-5,8,10H,3,6-7,9,15H2,1-2H3. The number of anilines is 1. The summed E-state index contributed by atoms with van der Waals surface area (Å²) in [6, 6.07) is 5.65. The zero-order valence-electron chi connectivity index (χ0n) is 10.6. The molecule has 1 amide bonds. The van der Waals surface area contributed by atoms with Gasteiger partial charge in [0.2, 0.25) is 0 Å². The van der Waals surface area contributed by atoms with Gasteiger partial charge >= 0.3 is 0 Å². The molecule has 1 unspecified atom stereocenters. The second-order valence-corrected chi connectivity index (χ2v) is 4.93. The van der Waals surface area contributed by atoms with E-state index in [1.165, 1.54) is 0 Å². The van der Waals surface area contributed by atoms with Gasteiger partial charge in [-0.1, -0.05) is 26.3 Å². The number of hydrogen-bond donors (Lipinski definition) is 1. The number of nitrogens with two attached hydrogens (primary N) is 1. The van der Waals surface area contributed by atoms with Gasteiger partial charge in [-0.2, -0.15) is 0 Å². The Bertz CT molecular complexity index is 428. The van der Waals surface area contributed by atoms with Crippen LogP contribution in [0.4, 0.5) is 5.69 Å². The predicted molar refractivity (Wildman–Crippen MR) is 69.9 cm³/mol. The number of carbonyl (C=O) groups is 1. The average molecular weight is 232 g/mol. The molecule has 2 N–H and O–H groups in total. The van der Waals surface area contributed by atoms with Crippen molar-refractivity contribution in [2.45, 2.75) is 26.7 Å². The number of benzene rings is 1. The van der Waals surface area contributed by atoms with Gasteiger partial charge in [-0.25, -0.2) is 0 Å². The Labute approximate surface area is 103 Å². The summed E-state index contributed by atoms with van der Waals surface area (Å²) >= 11 is 0. The molecule has 0 saturated heterocycles. The first-order chi connectivity index (χ1) is 8.11. The van der Waals surface area contributed by atoms with Crippen molar-refractivity contribution in [3.63, 3.8) is 0 Å². The largest absolute Gasteiger partial charge is 0.399 e. The van der Waals surface area contributed by atoms with Crippen molar-refractivity contribution >= 4 is 11.6 Å². The van der Waals surface area contributed by atoms with Crippen LogP contribution in [0.15, 0.2) is 18.2 Å². The molecule has 0 saturated carbocycles. The van der Waals surface area contributed by atoms with Crippen molar-refractivity contribution in [2.24, 2.45) is 5.92 Å². The number of rotatable bonds is 3. The first-order valence-corrected chi connectivity index (χ1v) is 6.29. The molecule has 0 aromatic heterocycles. The van der Waals surface area contributed by atoms with E-state index in [0.29, 0.717) is 11.6 Å². The summed E-state index contributed by atoms with van der Waals surface area (Å²) in [6.07, 6.45) is 2.05. The minimum atomic E-state index is 0.138. The van der Waals surface area contributed by atoms with Crippen LogP contribution in [0.5, 0.6) is 0 Å². The van der Waals surface area contributed by atoms with Gasteiger partial charge in [0.05, 0.1) is 0 Å². The van der Waals surface area contributed by atoms with E-state index in [-0.39, 0.29) is 5.91 Å². The maximum absolute atomic E-state index is 12.3. The van der Waals surface area contributed by atoms with E-state index < -0.39 is 0 Å². The third-order valence-corrected chi connectivity index (χ3v) is 3.53. The Morgan fingerprint density at radius 2 is 2.24 bits per heavy atom. The van der Waals surface area contributed by atoms with Crippen molar-refractivity contribution in [1.82, 2.24) is 4.90 Å². The highest BCUT2D eigenvalue weighted by molar-refractivity contribution is 5.97. The van der Waals surface area contributed by atoms with Crippen molar-refractivity contribution in [2.75, 3.05) is 18.8 Å². The van der Waals surface area contributed by atoms with E-state index in [1.807, 2.05) is 17.0 Å². The summed E-state index contributed by atoms with van der Waals surface area (Å²) in [5.74, 6) is 0.695.